The summed E-state index contributed by atoms with van der Waals surface area (Å²) < 4.78 is 0. The molecular weight excluding hydrogens is 214 g/mol. The molecule has 0 spiro atoms. The van der Waals surface area contributed by atoms with Crippen LogP contribution in [0.4, 0.5) is 5.69 Å². The predicted molar refractivity (Wildman–Crippen MR) is 67.6 cm³/mol. The second-order valence-corrected chi connectivity index (χ2v) is 3.85. The number of pyridine rings is 1. The molecule has 4 heteroatoms. The van der Waals surface area contributed by atoms with Crippen LogP contribution >= 0.6 is 0 Å². The summed E-state index contributed by atoms with van der Waals surface area (Å²) in [6, 6.07) is 5.93. The van der Waals surface area contributed by atoms with Gasteiger partial charge in [-0.3, -0.25) is 4.98 Å². The van der Waals surface area contributed by atoms with E-state index in [-0.39, 0.29) is 0 Å². The molecule has 1 aromatic heterocycles. The van der Waals surface area contributed by atoms with Gasteiger partial charge in [-0.2, -0.15) is 5.26 Å². The van der Waals surface area contributed by atoms with Crippen LogP contribution in [0, 0.1) is 11.3 Å². The largest absolute Gasteiger partial charge is 0.387 e. The van der Waals surface area contributed by atoms with E-state index < -0.39 is 6.10 Å². The molecule has 0 amide bonds. The van der Waals surface area contributed by atoms with Crippen molar-refractivity contribution < 1.29 is 5.11 Å². The van der Waals surface area contributed by atoms with E-state index in [1.807, 2.05) is 26.0 Å². The van der Waals surface area contributed by atoms with E-state index in [9.17, 15) is 5.11 Å². The highest BCUT2D eigenvalue weighted by Gasteiger charge is 2.08. The molecule has 0 aliphatic rings. The maximum Gasteiger partial charge on any atom is 0.0957 e. The highest BCUT2D eigenvalue weighted by molar-refractivity contribution is 5.44. The standard InChI is InChI=1S/C13H19N3O/c1-3-13(17)12-7-6-11(10-15-12)16(4-2)9-5-8-14/h6-7,10,13,17H,3-5,9H2,1-2H3/t13-/m1/s1. The van der Waals surface area contributed by atoms with Crippen molar-refractivity contribution in [3.05, 3.63) is 24.0 Å². The summed E-state index contributed by atoms with van der Waals surface area (Å²) >= 11 is 0. The molecule has 4 nitrogen and oxygen atoms in total. The Bertz CT molecular complexity index is 369. The lowest BCUT2D eigenvalue weighted by Gasteiger charge is -2.21. The molecule has 1 aromatic rings. The number of anilines is 1. The van der Waals surface area contributed by atoms with Gasteiger partial charge in [0.15, 0.2) is 0 Å². The molecule has 0 bridgehead atoms. The fraction of sp³-hybridized carbons (Fsp3) is 0.538. The van der Waals surface area contributed by atoms with E-state index in [4.69, 9.17) is 5.26 Å². The van der Waals surface area contributed by atoms with Crippen molar-refractivity contribution in [3.63, 3.8) is 0 Å². The Kier molecular flexibility index (Phi) is 5.44. The number of aliphatic hydroxyl groups excluding tert-OH is 1. The third-order valence-electron chi connectivity index (χ3n) is 2.74. The van der Waals surface area contributed by atoms with Crippen molar-refractivity contribution in [1.29, 1.82) is 5.26 Å². The van der Waals surface area contributed by atoms with Crippen LogP contribution in [0.25, 0.3) is 0 Å². The molecule has 0 aromatic carbocycles. The molecule has 0 aliphatic carbocycles. The van der Waals surface area contributed by atoms with Crippen LogP contribution in [-0.4, -0.2) is 23.2 Å². The fourth-order valence-electron chi connectivity index (χ4n) is 1.65. The molecule has 17 heavy (non-hydrogen) atoms. The first-order chi connectivity index (χ1) is 8.22. The Labute approximate surface area is 103 Å². The topological polar surface area (TPSA) is 60.1 Å². The molecular formula is C13H19N3O. The van der Waals surface area contributed by atoms with Crippen LogP contribution in [0.1, 0.15) is 38.5 Å². The van der Waals surface area contributed by atoms with Crippen LogP contribution in [0.3, 0.4) is 0 Å². The van der Waals surface area contributed by atoms with Gasteiger partial charge in [-0.05, 0) is 25.5 Å². The van der Waals surface area contributed by atoms with Gasteiger partial charge in [0.25, 0.3) is 0 Å². The zero-order valence-corrected chi connectivity index (χ0v) is 10.4. The predicted octanol–water partition coefficient (Wildman–Crippen LogP) is 2.26. The first-order valence-electron chi connectivity index (χ1n) is 5.98. The van der Waals surface area contributed by atoms with Gasteiger partial charge in [-0.25, -0.2) is 0 Å². The summed E-state index contributed by atoms with van der Waals surface area (Å²) in [6.07, 6.45) is 2.44. The van der Waals surface area contributed by atoms with Gasteiger partial charge in [0.2, 0.25) is 0 Å². The van der Waals surface area contributed by atoms with E-state index in [1.165, 1.54) is 0 Å². The number of nitrogens with zero attached hydrogens (tertiary/aromatic N) is 3. The maximum atomic E-state index is 9.64. The molecule has 0 saturated heterocycles. The molecule has 0 unspecified atom stereocenters. The highest BCUT2D eigenvalue weighted by atomic mass is 16.3. The molecule has 1 rings (SSSR count). The van der Waals surface area contributed by atoms with Crippen LogP contribution in [0.5, 0.6) is 0 Å². The minimum Gasteiger partial charge on any atom is -0.387 e. The summed E-state index contributed by atoms with van der Waals surface area (Å²) in [5, 5.41) is 18.2. The smallest absolute Gasteiger partial charge is 0.0957 e. The molecule has 0 fully saturated rings. The van der Waals surface area contributed by atoms with Crippen molar-refractivity contribution in [1.82, 2.24) is 4.98 Å². The second-order valence-electron chi connectivity index (χ2n) is 3.85. The third-order valence-corrected chi connectivity index (χ3v) is 2.74. The Morgan fingerprint density at radius 2 is 2.24 bits per heavy atom. The average Bonchev–Trinajstić information content (AvgIpc) is 2.39. The van der Waals surface area contributed by atoms with Crippen LogP contribution in [-0.2, 0) is 0 Å². The number of hydrogen-bond acceptors (Lipinski definition) is 4. The van der Waals surface area contributed by atoms with Gasteiger partial charge in [0, 0.05) is 13.1 Å². The lowest BCUT2D eigenvalue weighted by Crippen LogP contribution is -2.23. The third kappa shape index (κ3) is 3.72. The monoisotopic (exact) mass is 233 g/mol. The summed E-state index contributed by atoms with van der Waals surface area (Å²) in [6.45, 7) is 5.53. The van der Waals surface area contributed by atoms with Gasteiger partial charge in [0.1, 0.15) is 0 Å². The lowest BCUT2D eigenvalue weighted by molar-refractivity contribution is 0.169. The van der Waals surface area contributed by atoms with Gasteiger partial charge < -0.3 is 10.0 Å². The first kappa shape index (κ1) is 13.5. The SMILES string of the molecule is CC[C@@H](O)c1ccc(N(CC)CCC#N)cn1. The van der Waals surface area contributed by atoms with Crippen molar-refractivity contribution in [3.8, 4) is 6.07 Å². The Balaban J connectivity index is 2.74. The number of aliphatic hydroxyl groups is 1. The van der Waals surface area contributed by atoms with E-state index in [0.29, 0.717) is 25.1 Å². The second kappa shape index (κ2) is 6.87. The molecule has 1 heterocycles. The van der Waals surface area contributed by atoms with E-state index in [0.717, 1.165) is 12.2 Å². The Morgan fingerprint density at radius 3 is 2.71 bits per heavy atom. The number of nitriles is 1. The average molecular weight is 233 g/mol. The van der Waals surface area contributed by atoms with Crippen molar-refractivity contribution in [2.24, 2.45) is 0 Å². The van der Waals surface area contributed by atoms with Crippen LogP contribution in [0.15, 0.2) is 18.3 Å². The van der Waals surface area contributed by atoms with Gasteiger partial charge >= 0.3 is 0 Å². The van der Waals surface area contributed by atoms with Crippen molar-refractivity contribution >= 4 is 5.69 Å². The molecule has 1 N–H and O–H groups in total. The summed E-state index contributed by atoms with van der Waals surface area (Å²) in [5.41, 5.74) is 1.70. The summed E-state index contributed by atoms with van der Waals surface area (Å²) in [4.78, 5) is 6.35. The number of aromatic nitrogens is 1. The number of hydrogen-bond donors (Lipinski definition) is 1. The quantitative estimate of drug-likeness (QED) is 0.818. The maximum absolute atomic E-state index is 9.64. The highest BCUT2D eigenvalue weighted by Crippen LogP contribution is 2.18. The molecule has 0 saturated carbocycles. The van der Waals surface area contributed by atoms with E-state index in [2.05, 4.69) is 16.0 Å². The zero-order chi connectivity index (χ0) is 12.7. The fourth-order valence-corrected chi connectivity index (χ4v) is 1.65. The lowest BCUT2D eigenvalue weighted by atomic mass is 10.2. The zero-order valence-electron chi connectivity index (χ0n) is 10.4. The van der Waals surface area contributed by atoms with E-state index in [1.54, 1.807) is 6.20 Å². The molecule has 92 valence electrons. The van der Waals surface area contributed by atoms with E-state index >= 15 is 0 Å². The molecule has 1 atom stereocenters. The Hall–Kier alpha value is -1.60. The normalized spacial score (nSPS) is 11.9. The minimum absolute atomic E-state index is 0.488. The minimum atomic E-state index is -0.488. The number of rotatable bonds is 6. The van der Waals surface area contributed by atoms with Gasteiger partial charge in [-0.15, -0.1) is 0 Å². The van der Waals surface area contributed by atoms with Crippen molar-refractivity contribution in [2.75, 3.05) is 18.0 Å². The van der Waals surface area contributed by atoms with Gasteiger partial charge in [-0.1, -0.05) is 6.92 Å². The first-order valence-corrected chi connectivity index (χ1v) is 5.98. The van der Waals surface area contributed by atoms with Crippen molar-refractivity contribution in [2.45, 2.75) is 32.8 Å². The molecule has 0 radical (unpaired) electrons. The van der Waals surface area contributed by atoms with Crippen LogP contribution < -0.4 is 4.90 Å². The summed E-state index contributed by atoms with van der Waals surface area (Å²) in [5.74, 6) is 0. The Morgan fingerprint density at radius 1 is 1.47 bits per heavy atom. The van der Waals surface area contributed by atoms with Crippen LogP contribution in [0.2, 0.25) is 0 Å². The van der Waals surface area contributed by atoms with Gasteiger partial charge in [0.05, 0.1) is 36.2 Å². The summed E-state index contributed by atoms with van der Waals surface area (Å²) in [7, 11) is 0. The molecule has 0 aliphatic heterocycles.